The molecule has 2 heterocycles. The second-order valence-electron chi connectivity index (χ2n) is 10.1. The number of piperazine rings is 1. The summed E-state index contributed by atoms with van der Waals surface area (Å²) in [6, 6.07) is 23.7. The first kappa shape index (κ1) is 27.9. The van der Waals surface area contributed by atoms with Gasteiger partial charge >= 0.3 is 12.1 Å². The molecule has 0 aliphatic carbocycles. The molecule has 1 aliphatic rings. The number of hydrogen-bond donors (Lipinski definition) is 1. The molecule has 0 radical (unpaired) electrons. The molecule has 4 aromatic rings. The van der Waals surface area contributed by atoms with Gasteiger partial charge in [-0.2, -0.15) is 0 Å². The minimum absolute atomic E-state index is 0.0503. The number of nitrogens with zero attached hydrogens (tertiary/aromatic N) is 3. The zero-order valence-electron chi connectivity index (χ0n) is 23.2. The Labute approximate surface area is 238 Å². The molecule has 1 atom stereocenters. The van der Waals surface area contributed by atoms with Crippen molar-refractivity contribution in [2.24, 2.45) is 0 Å². The van der Waals surface area contributed by atoms with Crippen molar-refractivity contribution in [1.82, 2.24) is 14.8 Å². The van der Waals surface area contributed by atoms with Crippen LogP contribution >= 0.6 is 0 Å². The number of benzene rings is 3. The number of carbonyl (C=O) groups is 2. The molecule has 41 heavy (non-hydrogen) atoms. The van der Waals surface area contributed by atoms with Gasteiger partial charge in [0.25, 0.3) is 0 Å². The first-order valence-corrected chi connectivity index (χ1v) is 13.6. The van der Waals surface area contributed by atoms with Crippen molar-refractivity contribution in [2.45, 2.75) is 32.9 Å². The fourth-order valence-corrected chi connectivity index (χ4v) is 4.74. The molecule has 0 spiro atoms. The van der Waals surface area contributed by atoms with Gasteiger partial charge in [0.1, 0.15) is 23.3 Å². The normalized spacial score (nSPS) is 15.5. The van der Waals surface area contributed by atoms with Crippen LogP contribution in [0.4, 0.5) is 4.79 Å². The van der Waals surface area contributed by atoms with Gasteiger partial charge in [0.15, 0.2) is 0 Å². The maximum Gasteiger partial charge on any atom is 0.415 e. The second kappa shape index (κ2) is 12.7. The highest BCUT2D eigenvalue weighted by Gasteiger charge is 2.35. The van der Waals surface area contributed by atoms with Gasteiger partial charge in [-0.1, -0.05) is 48.0 Å². The Hall–Kier alpha value is -4.63. The Morgan fingerprint density at radius 2 is 1.66 bits per heavy atom. The van der Waals surface area contributed by atoms with E-state index in [9.17, 15) is 14.7 Å². The fraction of sp³-hybridized carbons (Fsp3) is 0.281. The number of amides is 1. The number of hydrogen-bond acceptors (Lipinski definition) is 7. The zero-order chi connectivity index (χ0) is 28.8. The SMILES string of the molecule is Cc1ccc(OC(=O)N2CCN(Cc3ccc(OCCc4nc(-c5ccccc5)oc4C)cc3)C(C(=O)O)C2)cc1. The maximum atomic E-state index is 12.7. The molecule has 0 bridgehead atoms. The van der Waals surface area contributed by atoms with E-state index in [-0.39, 0.29) is 6.54 Å². The van der Waals surface area contributed by atoms with E-state index < -0.39 is 18.1 Å². The van der Waals surface area contributed by atoms with E-state index in [1.807, 2.05) is 85.5 Å². The van der Waals surface area contributed by atoms with E-state index in [2.05, 4.69) is 4.98 Å². The zero-order valence-corrected chi connectivity index (χ0v) is 23.2. The molecule has 1 saturated heterocycles. The van der Waals surface area contributed by atoms with E-state index in [1.54, 1.807) is 12.1 Å². The van der Waals surface area contributed by atoms with Crippen LogP contribution in [-0.4, -0.2) is 64.2 Å². The lowest BCUT2D eigenvalue weighted by molar-refractivity contribution is -0.145. The number of aryl methyl sites for hydroxylation is 2. The topological polar surface area (TPSA) is 105 Å². The first-order valence-electron chi connectivity index (χ1n) is 13.6. The molecule has 3 aromatic carbocycles. The minimum Gasteiger partial charge on any atom is -0.493 e. The summed E-state index contributed by atoms with van der Waals surface area (Å²) in [7, 11) is 0. The van der Waals surface area contributed by atoms with Crippen LogP contribution in [0.25, 0.3) is 11.5 Å². The lowest BCUT2D eigenvalue weighted by Crippen LogP contribution is -2.57. The van der Waals surface area contributed by atoms with E-state index in [4.69, 9.17) is 13.9 Å². The van der Waals surface area contributed by atoms with Gasteiger partial charge in [-0.15, -0.1) is 0 Å². The Morgan fingerprint density at radius 3 is 2.37 bits per heavy atom. The number of oxazole rings is 1. The molecule has 9 nitrogen and oxygen atoms in total. The molecule has 0 saturated carbocycles. The summed E-state index contributed by atoms with van der Waals surface area (Å²) >= 11 is 0. The highest BCUT2D eigenvalue weighted by molar-refractivity contribution is 5.76. The van der Waals surface area contributed by atoms with Crippen LogP contribution in [0.1, 0.15) is 22.6 Å². The van der Waals surface area contributed by atoms with E-state index in [0.29, 0.717) is 44.3 Å². The smallest absolute Gasteiger partial charge is 0.415 e. The largest absolute Gasteiger partial charge is 0.493 e. The Morgan fingerprint density at radius 1 is 0.951 bits per heavy atom. The standard InChI is InChI=1S/C32H33N3O6/c1-22-8-12-27(13-9-22)41-32(38)35-18-17-34(29(21-35)31(36)37)20-24-10-14-26(15-11-24)39-19-16-28-23(2)40-30(33-28)25-6-4-3-5-7-25/h3-15,29H,16-21H2,1-2H3,(H,36,37). The van der Waals surface area contributed by atoms with Crippen molar-refractivity contribution < 1.29 is 28.6 Å². The molecular weight excluding hydrogens is 522 g/mol. The Balaban J connectivity index is 1.12. The van der Waals surface area contributed by atoms with Crippen LogP contribution < -0.4 is 9.47 Å². The fourth-order valence-electron chi connectivity index (χ4n) is 4.74. The molecule has 1 N–H and O–H groups in total. The average molecular weight is 556 g/mol. The highest BCUT2D eigenvalue weighted by Crippen LogP contribution is 2.23. The molecule has 1 unspecified atom stereocenters. The predicted octanol–water partition coefficient (Wildman–Crippen LogP) is 5.35. The summed E-state index contributed by atoms with van der Waals surface area (Å²) in [5.74, 6) is 1.56. The number of carboxylic acids is 1. The third-order valence-corrected chi connectivity index (χ3v) is 7.09. The summed E-state index contributed by atoms with van der Waals surface area (Å²) in [6.45, 7) is 5.59. The average Bonchev–Trinajstić information content (AvgIpc) is 3.36. The first-order chi connectivity index (χ1) is 19.9. The lowest BCUT2D eigenvalue weighted by Gasteiger charge is -2.38. The summed E-state index contributed by atoms with van der Waals surface area (Å²) in [4.78, 5) is 32.7. The van der Waals surface area contributed by atoms with Crippen molar-refractivity contribution in [3.05, 3.63) is 101 Å². The number of aliphatic carboxylic acids is 1. The third kappa shape index (κ3) is 7.12. The van der Waals surface area contributed by atoms with Crippen LogP contribution in [-0.2, 0) is 17.8 Å². The molecule has 212 valence electrons. The highest BCUT2D eigenvalue weighted by atomic mass is 16.6. The van der Waals surface area contributed by atoms with E-state index in [1.165, 1.54) is 4.90 Å². The molecule has 1 amide bonds. The molecule has 9 heteroatoms. The number of ether oxygens (including phenoxy) is 2. The summed E-state index contributed by atoms with van der Waals surface area (Å²) < 4.78 is 17.2. The summed E-state index contributed by atoms with van der Waals surface area (Å²) in [6.07, 6.45) is 0.0688. The van der Waals surface area contributed by atoms with Gasteiger partial charge < -0.3 is 23.9 Å². The Kier molecular flexibility index (Phi) is 8.64. The summed E-state index contributed by atoms with van der Waals surface area (Å²) in [5, 5.41) is 9.88. The van der Waals surface area contributed by atoms with Crippen molar-refractivity contribution in [2.75, 3.05) is 26.2 Å². The Bertz CT molecular complexity index is 1470. The van der Waals surface area contributed by atoms with Crippen molar-refractivity contribution in [1.29, 1.82) is 0 Å². The van der Waals surface area contributed by atoms with Crippen LogP contribution in [0.15, 0.2) is 83.3 Å². The van der Waals surface area contributed by atoms with E-state index >= 15 is 0 Å². The molecule has 1 aliphatic heterocycles. The van der Waals surface area contributed by atoms with Crippen molar-refractivity contribution >= 4 is 12.1 Å². The number of carboxylic acid groups (broad SMARTS) is 1. The number of rotatable bonds is 9. The van der Waals surface area contributed by atoms with Gasteiger partial charge in [0.2, 0.25) is 5.89 Å². The maximum absolute atomic E-state index is 12.7. The molecular formula is C32H33N3O6. The molecule has 1 aromatic heterocycles. The molecule has 5 rings (SSSR count). The third-order valence-electron chi connectivity index (χ3n) is 7.09. The summed E-state index contributed by atoms with van der Waals surface area (Å²) in [5.41, 5.74) is 3.82. The molecule has 1 fully saturated rings. The van der Waals surface area contributed by atoms with Crippen LogP contribution in [0.3, 0.4) is 0 Å². The number of carbonyl (C=O) groups excluding carboxylic acids is 1. The van der Waals surface area contributed by atoms with Crippen LogP contribution in [0, 0.1) is 13.8 Å². The minimum atomic E-state index is -0.976. The quantitative estimate of drug-likeness (QED) is 0.295. The van der Waals surface area contributed by atoms with Crippen LogP contribution in [0.2, 0.25) is 0 Å². The van der Waals surface area contributed by atoms with Gasteiger partial charge in [0.05, 0.1) is 18.8 Å². The second-order valence-corrected chi connectivity index (χ2v) is 10.1. The predicted molar refractivity (Wildman–Crippen MR) is 153 cm³/mol. The van der Waals surface area contributed by atoms with Gasteiger partial charge in [-0.05, 0) is 55.8 Å². The number of aromatic nitrogens is 1. The lowest BCUT2D eigenvalue weighted by atomic mass is 10.1. The monoisotopic (exact) mass is 555 g/mol. The van der Waals surface area contributed by atoms with Crippen molar-refractivity contribution in [3.8, 4) is 23.0 Å². The van der Waals surface area contributed by atoms with Crippen LogP contribution in [0.5, 0.6) is 11.5 Å². The van der Waals surface area contributed by atoms with Gasteiger partial charge in [-0.25, -0.2) is 9.78 Å². The van der Waals surface area contributed by atoms with Gasteiger partial charge in [0, 0.05) is 31.6 Å². The van der Waals surface area contributed by atoms with Gasteiger partial charge in [-0.3, -0.25) is 9.69 Å². The van der Waals surface area contributed by atoms with Crippen molar-refractivity contribution in [3.63, 3.8) is 0 Å². The van der Waals surface area contributed by atoms with E-state index in [0.717, 1.165) is 33.9 Å².